The second-order valence-corrected chi connectivity index (χ2v) is 5.17. The number of Topliss-reactive ketones (excluding diaryl/α,β-unsaturated/α-hetero) is 1. The molecule has 0 bridgehead atoms. The van der Waals surface area contributed by atoms with Crippen molar-refractivity contribution in [3.05, 3.63) is 64.6 Å². The number of carbonyl (C=O) groups is 2. The van der Waals surface area contributed by atoms with Crippen molar-refractivity contribution in [2.75, 3.05) is 0 Å². The maximum absolute atomic E-state index is 12.1. The average molecular weight is 319 g/mol. The largest absolute Gasteiger partial charge is 0.462 e. The molecule has 0 aliphatic rings. The minimum absolute atomic E-state index is 0.307. The van der Waals surface area contributed by atoms with Crippen molar-refractivity contribution in [2.45, 2.75) is 20.0 Å². The fourth-order valence-electron chi connectivity index (χ4n) is 1.84. The van der Waals surface area contributed by atoms with Crippen LogP contribution in [0.1, 0.15) is 28.8 Å². The molecular weight excluding hydrogens is 304 g/mol. The Balaban J connectivity index is 1.96. The summed E-state index contributed by atoms with van der Waals surface area (Å²) in [7, 11) is 0. The summed E-state index contributed by atoms with van der Waals surface area (Å²) in [4.78, 5) is 23.8. The molecule has 22 heavy (non-hydrogen) atoms. The number of hydrogen-bond acceptors (Lipinski definition) is 4. The highest BCUT2D eigenvalue weighted by atomic mass is 35.5. The van der Waals surface area contributed by atoms with Gasteiger partial charge in [0.1, 0.15) is 11.5 Å². The van der Waals surface area contributed by atoms with E-state index in [-0.39, 0.29) is 5.78 Å². The maximum Gasteiger partial charge on any atom is 0.331 e. The summed E-state index contributed by atoms with van der Waals surface area (Å²) < 4.78 is 10.4. The number of esters is 1. The van der Waals surface area contributed by atoms with E-state index < -0.39 is 12.1 Å². The standard InChI is InChI=1S/C17H15ClO4/c1-11-6-7-15(21-11)8-9-16(19)22-12(2)17(20)13-4-3-5-14(18)10-13/h3-10,12H,1-2H3/b9-8+. The van der Waals surface area contributed by atoms with E-state index >= 15 is 0 Å². The molecule has 0 aliphatic heterocycles. The van der Waals surface area contributed by atoms with E-state index in [0.717, 1.165) is 5.76 Å². The Labute approximate surface area is 133 Å². The maximum atomic E-state index is 12.1. The van der Waals surface area contributed by atoms with Crippen LogP contribution < -0.4 is 0 Å². The first-order valence-corrected chi connectivity index (χ1v) is 7.08. The summed E-state index contributed by atoms with van der Waals surface area (Å²) in [5.74, 6) is 0.371. The number of carbonyl (C=O) groups excluding carboxylic acids is 2. The monoisotopic (exact) mass is 318 g/mol. The van der Waals surface area contributed by atoms with Crippen molar-refractivity contribution in [3.63, 3.8) is 0 Å². The van der Waals surface area contributed by atoms with Gasteiger partial charge < -0.3 is 9.15 Å². The summed E-state index contributed by atoms with van der Waals surface area (Å²) in [5.41, 5.74) is 0.401. The molecule has 2 rings (SSSR count). The molecule has 0 N–H and O–H groups in total. The van der Waals surface area contributed by atoms with Crippen LogP contribution in [0, 0.1) is 6.92 Å². The molecule has 2 aromatic rings. The molecule has 1 unspecified atom stereocenters. The molecule has 1 heterocycles. The van der Waals surface area contributed by atoms with Gasteiger partial charge in [-0.2, -0.15) is 0 Å². The van der Waals surface area contributed by atoms with Crippen LogP contribution in [0.3, 0.4) is 0 Å². The van der Waals surface area contributed by atoms with Crippen molar-refractivity contribution in [2.24, 2.45) is 0 Å². The highest BCUT2D eigenvalue weighted by Gasteiger charge is 2.18. The molecule has 1 aromatic carbocycles. The Morgan fingerprint density at radius 1 is 1.27 bits per heavy atom. The van der Waals surface area contributed by atoms with Crippen LogP contribution in [0.15, 0.2) is 46.9 Å². The van der Waals surface area contributed by atoms with Crippen molar-refractivity contribution >= 4 is 29.4 Å². The van der Waals surface area contributed by atoms with Gasteiger partial charge in [-0.3, -0.25) is 4.79 Å². The SMILES string of the molecule is Cc1ccc(/C=C/C(=O)OC(C)C(=O)c2cccc(Cl)c2)o1. The Morgan fingerprint density at radius 2 is 2.05 bits per heavy atom. The van der Waals surface area contributed by atoms with Crippen LogP contribution in [-0.4, -0.2) is 17.9 Å². The molecule has 1 aromatic heterocycles. The average Bonchev–Trinajstić information content (AvgIpc) is 2.90. The number of rotatable bonds is 5. The van der Waals surface area contributed by atoms with Crippen LogP contribution in [0.4, 0.5) is 0 Å². The summed E-state index contributed by atoms with van der Waals surface area (Å²) in [6.07, 6.45) is 1.82. The molecule has 0 saturated heterocycles. The van der Waals surface area contributed by atoms with Crippen LogP contribution in [-0.2, 0) is 9.53 Å². The van der Waals surface area contributed by atoms with Gasteiger partial charge in [-0.25, -0.2) is 4.79 Å². The number of ketones is 1. The van der Waals surface area contributed by atoms with Gasteiger partial charge in [-0.05, 0) is 44.2 Å². The fraction of sp³-hybridized carbons (Fsp3) is 0.176. The van der Waals surface area contributed by atoms with E-state index in [1.807, 2.05) is 0 Å². The first kappa shape index (κ1) is 16.0. The first-order valence-electron chi connectivity index (χ1n) is 6.70. The number of benzene rings is 1. The third kappa shape index (κ3) is 4.33. The third-order valence-corrected chi connectivity index (χ3v) is 3.15. The molecule has 0 amide bonds. The van der Waals surface area contributed by atoms with Gasteiger partial charge in [0.2, 0.25) is 5.78 Å². The quantitative estimate of drug-likeness (QED) is 0.474. The van der Waals surface area contributed by atoms with Gasteiger partial charge >= 0.3 is 5.97 Å². The number of ether oxygens (including phenoxy) is 1. The van der Waals surface area contributed by atoms with Crippen LogP contribution in [0.2, 0.25) is 5.02 Å². The smallest absolute Gasteiger partial charge is 0.331 e. The molecule has 0 saturated carbocycles. The van der Waals surface area contributed by atoms with E-state index in [4.69, 9.17) is 20.8 Å². The fourth-order valence-corrected chi connectivity index (χ4v) is 2.03. The molecule has 4 nitrogen and oxygen atoms in total. The van der Waals surface area contributed by atoms with Crippen LogP contribution in [0.5, 0.6) is 0 Å². The molecule has 5 heteroatoms. The Morgan fingerprint density at radius 3 is 2.68 bits per heavy atom. The van der Waals surface area contributed by atoms with E-state index in [1.165, 1.54) is 25.1 Å². The minimum atomic E-state index is -0.894. The van der Waals surface area contributed by atoms with E-state index in [0.29, 0.717) is 16.3 Å². The third-order valence-electron chi connectivity index (χ3n) is 2.92. The topological polar surface area (TPSA) is 56.5 Å². The van der Waals surface area contributed by atoms with Gasteiger partial charge in [0.25, 0.3) is 0 Å². The molecule has 0 aliphatic carbocycles. The van der Waals surface area contributed by atoms with Crippen molar-refractivity contribution < 1.29 is 18.7 Å². The summed E-state index contributed by atoms with van der Waals surface area (Å²) in [5, 5.41) is 0.456. The van der Waals surface area contributed by atoms with Gasteiger partial charge in [-0.15, -0.1) is 0 Å². The zero-order chi connectivity index (χ0) is 16.1. The Hall–Kier alpha value is -2.33. The molecule has 0 radical (unpaired) electrons. The predicted molar refractivity (Wildman–Crippen MR) is 83.8 cm³/mol. The van der Waals surface area contributed by atoms with Crippen molar-refractivity contribution in [1.29, 1.82) is 0 Å². The molecule has 0 spiro atoms. The first-order chi connectivity index (χ1) is 10.5. The lowest BCUT2D eigenvalue weighted by molar-refractivity contribution is -0.140. The van der Waals surface area contributed by atoms with Gasteiger partial charge in [0.15, 0.2) is 6.10 Å². The van der Waals surface area contributed by atoms with Gasteiger partial charge in [0.05, 0.1) is 0 Å². The normalized spacial score (nSPS) is 12.3. The zero-order valence-corrected chi connectivity index (χ0v) is 13.0. The van der Waals surface area contributed by atoms with E-state index in [2.05, 4.69) is 0 Å². The number of halogens is 1. The van der Waals surface area contributed by atoms with Crippen LogP contribution in [0.25, 0.3) is 6.08 Å². The summed E-state index contributed by atoms with van der Waals surface area (Å²) >= 11 is 5.84. The Bertz CT molecular complexity index is 715. The highest BCUT2D eigenvalue weighted by Crippen LogP contribution is 2.14. The minimum Gasteiger partial charge on any atom is -0.462 e. The number of aryl methyl sites for hydroxylation is 1. The lowest BCUT2D eigenvalue weighted by atomic mass is 10.1. The van der Waals surface area contributed by atoms with Gasteiger partial charge in [0, 0.05) is 16.7 Å². The zero-order valence-electron chi connectivity index (χ0n) is 12.2. The van der Waals surface area contributed by atoms with Crippen molar-refractivity contribution in [3.8, 4) is 0 Å². The highest BCUT2D eigenvalue weighted by molar-refractivity contribution is 6.31. The van der Waals surface area contributed by atoms with E-state index in [9.17, 15) is 9.59 Å². The summed E-state index contributed by atoms with van der Waals surface area (Å²) in [6, 6.07) is 10.0. The Kier molecular flexibility index (Phi) is 5.17. The summed E-state index contributed by atoms with van der Waals surface area (Å²) in [6.45, 7) is 3.33. The second-order valence-electron chi connectivity index (χ2n) is 4.74. The van der Waals surface area contributed by atoms with E-state index in [1.54, 1.807) is 37.3 Å². The lowest BCUT2D eigenvalue weighted by Crippen LogP contribution is -2.23. The number of hydrogen-bond donors (Lipinski definition) is 0. The molecule has 0 fully saturated rings. The van der Waals surface area contributed by atoms with Crippen LogP contribution >= 0.6 is 11.6 Å². The molecule has 1 atom stereocenters. The molecule has 114 valence electrons. The number of furan rings is 1. The predicted octanol–water partition coefficient (Wildman–Crippen LogP) is 4.07. The lowest BCUT2D eigenvalue weighted by Gasteiger charge is -2.10. The van der Waals surface area contributed by atoms with Gasteiger partial charge in [-0.1, -0.05) is 23.7 Å². The molecular formula is C17H15ClO4. The second kappa shape index (κ2) is 7.09. The van der Waals surface area contributed by atoms with Crippen molar-refractivity contribution in [1.82, 2.24) is 0 Å².